The second-order valence-corrected chi connectivity index (χ2v) is 7.04. The summed E-state index contributed by atoms with van der Waals surface area (Å²) in [6.45, 7) is 3.99. The molecule has 2 aliphatic rings. The summed E-state index contributed by atoms with van der Waals surface area (Å²) in [6.07, 6.45) is 5.64. The van der Waals surface area contributed by atoms with E-state index in [0.717, 1.165) is 38.8 Å². The number of rotatable bonds is 2. The van der Waals surface area contributed by atoms with Crippen molar-refractivity contribution in [2.45, 2.75) is 44.9 Å². The quantitative estimate of drug-likeness (QED) is 0.894. The highest BCUT2D eigenvalue weighted by Gasteiger charge is 2.32. The smallest absolute Gasteiger partial charge is 0.225 e. The first-order chi connectivity index (χ1) is 10.7. The van der Waals surface area contributed by atoms with Crippen molar-refractivity contribution in [1.82, 2.24) is 9.88 Å². The van der Waals surface area contributed by atoms with E-state index in [4.69, 9.17) is 0 Å². The Morgan fingerprint density at radius 1 is 1.14 bits per heavy atom. The van der Waals surface area contributed by atoms with Crippen LogP contribution in [0.3, 0.4) is 0 Å². The van der Waals surface area contributed by atoms with Crippen molar-refractivity contribution in [2.24, 2.45) is 5.92 Å². The molecule has 2 aromatic rings. The zero-order chi connectivity index (χ0) is 15.1. The number of piperidine rings is 1. The topological polar surface area (TPSA) is 36.1 Å². The molecule has 0 bridgehead atoms. The zero-order valence-electron chi connectivity index (χ0n) is 13.3. The molecular formula is C19H24N2O. The van der Waals surface area contributed by atoms with Gasteiger partial charge in [-0.15, -0.1) is 0 Å². The summed E-state index contributed by atoms with van der Waals surface area (Å²) < 4.78 is 0. The molecule has 0 radical (unpaired) electrons. The summed E-state index contributed by atoms with van der Waals surface area (Å²) in [7, 11) is 0. The molecule has 1 aromatic carbocycles. The number of nitrogens with one attached hydrogen (secondary N) is 1. The van der Waals surface area contributed by atoms with E-state index in [1.807, 2.05) is 0 Å². The average molecular weight is 296 g/mol. The van der Waals surface area contributed by atoms with Crippen LogP contribution in [0.15, 0.2) is 24.3 Å². The van der Waals surface area contributed by atoms with Gasteiger partial charge in [-0.25, -0.2) is 0 Å². The molecule has 3 heteroatoms. The molecule has 2 heterocycles. The number of amides is 1. The van der Waals surface area contributed by atoms with Crippen LogP contribution in [0, 0.1) is 12.8 Å². The van der Waals surface area contributed by atoms with Gasteiger partial charge in [-0.05, 0) is 56.2 Å². The number of fused-ring (bicyclic) bond motifs is 1. The molecule has 1 aliphatic heterocycles. The summed E-state index contributed by atoms with van der Waals surface area (Å²) in [4.78, 5) is 18.0. The van der Waals surface area contributed by atoms with Gasteiger partial charge in [-0.2, -0.15) is 0 Å². The third-order valence-corrected chi connectivity index (χ3v) is 5.50. The van der Waals surface area contributed by atoms with E-state index in [1.54, 1.807) is 0 Å². The Balaban J connectivity index is 1.44. The maximum absolute atomic E-state index is 12.3. The van der Waals surface area contributed by atoms with Gasteiger partial charge in [0.15, 0.2) is 0 Å². The Morgan fingerprint density at radius 3 is 2.59 bits per heavy atom. The first kappa shape index (κ1) is 13.9. The van der Waals surface area contributed by atoms with Gasteiger partial charge in [-0.1, -0.05) is 18.1 Å². The van der Waals surface area contributed by atoms with Gasteiger partial charge in [0.1, 0.15) is 0 Å². The first-order valence-corrected chi connectivity index (χ1v) is 8.59. The minimum Gasteiger partial charge on any atom is -0.358 e. The standard InChI is InChI=1S/C19H24N2O/c1-13-5-6-17-16(11-13)12-18(20-17)14-7-9-21(10-8-14)19(22)15-3-2-4-15/h5-6,11-12,14-15,20H,2-4,7-10H2,1H3. The number of H-pyrrole nitrogens is 1. The Labute approximate surface area is 131 Å². The fourth-order valence-corrected chi connectivity index (χ4v) is 3.82. The lowest BCUT2D eigenvalue weighted by Crippen LogP contribution is -2.43. The highest BCUT2D eigenvalue weighted by atomic mass is 16.2. The Morgan fingerprint density at radius 2 is 1.91 bits per heavy atom. The molecule has 0 atom stereocenters. The second kappa shape index (κ2) is 5.45. The highest BCUT2D eigenvalue weighted by Crippen LogP contribution is 2.33. The van der Waals surface area contributed by atoms with Gasteiger partial charge in [0, 0.05) is 36.1 Å². The molecule has 1 saturated carbocycles. The number of benzene rings is 1. The number of carbonyl (C=O) groups is 1. The molecule has 116 valence electrons. The van der Waals surface area contributed by atoms with Crippen LogP contribution in [-0.4, -0.2) is 28.9 Å². The minimum atomic E-state index is 0.340. The fraction of sp³-hybridized carbons (Fsp3) is 0.526. The van der Waals surface area contributed by atoms with Gasteiger partial charge in [0.2, 0.25) is 5.91 Å². The van der Waals surface area contributed by atoms with Crippen molar-refractivity contribution >= 4 is 16.8 Å². The van der Waals surface area contributed by atoms with E-state index in [0.29, 0.717) is 17.7 Å². The lowest BCUT2D eigenvalue weighted by Gasteiger charge is -2.36. The van der Waals surface area contributed by atoms with Gasteiger partial charge >= 0.3 is 0 Å². The predicted molar refractivity (Wildman–Crippen MR) is 88.9 cm³/mol. The lowest BCUT2D eigenvalue weighted by molar-refractivity contribution is -0.139. The third kappa shape index (κ3) is 2.43. The second-order valence-electron chi connectivity index (χ2n) is 7.04. The van der Waals surface area contributed by atoms with Crippen molar-refractivity contribution in [2.75, 3.05) is 13.1 Å². The van der Waals surface area contributed by atoms with Crippen molar-refractivity contribution in [1.29, 1.82) is 0 Å². The number of hydrogen-bond donors (Lipinski definition) is 1. The fourth-order valence-electron chi connectivity index (χ4n) is 3.82. The molecule has 1 aromatic heterocycles. The number of aromatic nitrogens is 1. The molecule has 0 spiro atoms. The molecule has 1 N–H and O–H groups in total. The van der Waals surface area contributed by atoms with Crippen molar-refractivity contribution in [3.63, 3.8) is 0 Å². The zero-order valence-corrected chi connectivity index (χ0v) is 13.3. The predicted octanol–water partition coefficient (Wildman–Crippen LogP) is 3.98. The Bertz CT molecular complexity index is 691. The molecule has 22 heavy (non-hydrogen) atoms. The highest BCUT2D eigenvalue weighted by molar-refractivity contribution is 5.81. The van der Waals surface area contributed by atoms with Crippen molar-refractivity contribution in [3.05, 3.63) is 35.5 Å². The molecule has 2 fully saturated rings. The SMILES string of the molecule is Cc1ccc2[nH]c(C3CCN(C(=O)C4CCC4)CC3)cc2c1. The first-order valence-electron chi connectivity index (χ1n) is 8.59. The average Bonchev–Trinajstić information content (AvgIpc) is 2.88. The van der Waals surface area contributed by atoms with E-state index < -0.39 is 0 Å². The summed E-state index contributed by atoms with van der Waals surface area (Å²) in [5.41, 5.74) is 3.88. The maximum Gasteiger partial charge on any atom is 0.225 e. The van der Waals surface area contributed by atoms with E-state index in [2.05, 4.69) is 41.1 Å². The summed E-state index contributed by atoms with van der Waals surface area (Å²) in [5, 5.41) is 1.31. The third-order valence-electron chi connectivity index (χ3n) is 5.50. The number of nitrogens with zero attached hydrogens (tertiary/aromatic N) is 1. The van der Waals surface area contributed by atoms with Gasteiger partial charge < -0.3 is 9.88 Å². The summed E-state index contributed by atoms with van der Waals surface area (Å²) >= 11 is 0. The molecule has 3 nitrogen and oxygen atoms in total. The van der Waals surface area contributed by atoms with Crippen LogP contribution in [0.2, 0.25) is 0 Å². The molecule has 1 aliphatic carbocycles. The van der Waals surface area contributed by atoms with Gasteiger partial charge in [-0.3, -0.25) is 4.79 Å². The van der Waals surface area contributed by atoms with Crippen LogP contribution >= 0.6 is 0 Å². The van der Waals surface area contributed by atoms with Crippen molar-refractivity contribution in [3.8, 4) is 0 Å². The van der Waals surface area contributed by atoms with E-state index in [-0.39, 0.29) is 0 Å². The molecule has 4 rings (SSSR count). The lowest BCUT2D eigenvalue weighted by atomic mass is 9.83. The number of likely N-dealkylation sites (tertiary alicyclic amines) is 1. The maximum atomic E-state index is 12.3. The minimum absolute atomic E-state index is 0.340. The molecule has 1 amide bonds. The Kier molecular flexibility index (Phi) is 3.44. The van der Waals surface area contributed by atoms with E-state index >= 15 is 0 Å². The molecule has 1 saturated heterocycles. The number of carbonyl (C=O) groups excluding carboxylic acids is 1. The van der Waals surface area contributed by atoms with Gasteiger partial charge in [0.05, 0.1) is 0 Å². The van der Waals surface area contributed by atoms with Crippen LogP contribution < -0.4 is 0 Å². The number of hydrogen-bond acceptors (Lipinski definition) is 1. The normalized spacial score (nSPS) is 20.3. The monoisotopic (exact) mass is 296 g/mol. The van der Waals surface area contributed by atoms with Crippen LogP contribution in [0.25, 0.3) is 10.9 Å². The summed E-state index contributed by atoms with van der Waals surface area (Å²) in [5.74, 6) is 1.32. The number of aromatic amines is 1. The Hall–Kier alpha value is -1.77. The van der Waals surface area contributed by atoms with Crippen LogP contribution in [-0.2, 0) is 4.79 Å². The largest absolute Gasteiger partial charge is 0.358 e. The molecular weight excluding hydrogens is 272 g/mol. The molecule has 0 unspecified atom stereocenters. The van der Waals surface area contributed by atoms with E-state index in [9.17, 15) is 4.79 Å². The van der Waals surface area contributed by atoms with Crippen molar-refractivity contribution < 1.29 is 4.79 Å². The van der Waals surface area contributed by atoms with Gasteiger partial charge in [0.25, 0.3) is 0 Å². The summed E-state index contributed by atoms with van der Waals surface area (Å²) in [6, 6.07) is 8.87. The number of aryl methyl sites for hydroxylation is 1. The van der Waals surface area contributed by atoms with Crippen LogP contribution in [0.4, 0.5) is 0 Å². The van der Waals surface area contributed by atoms with Crippen LogP contribution in [0.5, 0.6) is 0 Å². The van der Waals surface area contributed by atoms with Crippen LogP contribution in [0.1, 0.15) is 49.3 Å². The van der Waals surface area contributed by atoms with E-state index in [1.165, 1.54) is 28.6 Å².